The Bertz CT molecular complexity index is 463. The molecule has 1 aromatic rings. The van der Waals surface area contributed by atoms with Gasteiger partial charge in [-0.1, -0.05) is 17.7 Å². The first-order valence-corrected chi connectivity index (χ1v) is 7.43. The number of aryl methyl sites for hydroxylation is 1. The van der Waals surface area contributed by atoms with Crippen molar-refractivity contribution < 1.29 is 24.1 Å². The molecular formula is C17H27NO5. The molecule has 0 saturated heterocycles. The summed E-state index contributed by atoms with van der Waals surface area (Å²) in [6.45, 7) is 2.16. The van der Waals surface area contributed by atoms with Gasteiger partial charge in [-0.25, -0.2) is 0 Å². The fourth-order valence-electron chi connectivity index (χ4n) is 2.30. The standard InChI is InChI=1S/C17H27NO5/c1-12-6-8-13(9-7-12)18-10-15(21-3)17(23-5)16(22-4)14(19)11-20-2/h6-10,14-17,19H,11H2,1-5H3. The predicted octanol–water partition coefficient (Wildman–Crippen LogP) is 1.75. The van der Waals surface area contributed by atoms with Gasteiger partial charge < -0.3 is 24.1 Å². The molecule has 6 nitrogen and oxygen atoms in total. The minimum absolute atomic E-state index is 0.143. The van der Waals surface area contributed by atoms with Gasteiger partial charge in [-0.15, -0.1) is 0 Å². The Hall–Kier alpha value is -1.31. The van der Waals surface area contributed by atoms with E-state index in [-0.39, 0.29) is 6.61 Å². The summed E-state index contributed by atoms with van der Waals surface area (Å²) >= 11 is 0. The number of rotatable bonds is 10. The minimum Gasteiger partial charge on any atom is -0.388 e. The summed E-state index contributed by atoms with van der Waals surface area (Å²) in [5, 5.41) is 10.1. The van der Waals surface area contributed by atoms with Crippen LogP contribution in [0.3, 0.4) is 0 Å². The third kappa shape index (κ3) is 6.01. The van der Waals surface area contributed by atoms with Gasteiger partial charge in [0.25, 0.3) is 0 Å². The number of methoxy groups -OCH3 is 4. The highest BCUT2D eigenvalue weighted by atomic mass is 16.6. The van der Waals surface area contributed by atoms with Crippen molar-refractivity contribution in [2.75, 3.05) is 35.0 Å². The number of hydrogen-bond donors (Lipinski definition) is 1. The van der Waals surface area contributed by atoms with Crippen molar-refractivity contribution in [2.24, 2.45) is 4.99 Å². The zero-order valence-corrected chi connectivity index (χ0v) is 14.4. The van der Waals surface area contributed by atoms with Crippen molar-refractivity contribution in [1.29, 1.82) is 0 Å². The maximum atomic E-state index is 10.1. The molecule has 1 N–H and O–H groups in total. The number of benzene rings is 1. The summed E-state index contributed by atoms with van der Waals surface area (Å²) in [6, 6.07) is 7.83. The van der Waals surface area contributed by atoms with Gasteiger partial charge in [0.05, 0.1) is 12.3 Å². The van der Waals surface area contributed by atoms with Crippen LogP contribution >= 0.6 is 0 Å². The number of ether oxygens (including phenoxy) is 4. The minimum atomic E-state index is -0.833. The largest absolute Gasteiger partial charge is 0.388 e. The lowest BCUT2D eigenvalue weighted by molar-refractivity contribution is -0.137. The molecule has 0 aliphatic heterocycles. The Balaban J connectivity index is 2.87. The van der Waals surface area contributed by atoms with Crippen LogP contribution in [0.15, 0.2) is 29.3 Å². The van der Waals surface area contributed by atoms with E-state index >= 15 is 0 Å². The van der Waals surface area contributed by atoms with Gasteiger partial charge in [-0.3, -0.25) is 4.99 Å². The Morgan fingerprint density at radius 1 is 1.00 bits per heavy atom. The molecule has 23 heavy (non-hydrogen) atoms. The Kier molecular flexibility index (Phi) is 8.98. The first-order valence-electron chi connectivity index (χ1n) is 7.43. The van der Waals surface area contributed by atoms with Gasteiger partial charge in [0, 0.05) is 34.7 Å². The smallest absolute Gasteiger partial charge is 0.121 e. The van der Waals surface area contributed by atoms with E-state index < -0.39 is 24.4 Å². The molecule has 0 aliphatic carbocycles. The lowest BCUT2D eigenvalue weighted by Gasteiger charge is -2.31. The monoisotopic (exact) mass is 325 g/mol. The van der Waals surface area contributed by atoms with Crippen molar-refractivity contribution in [3.05, 3.63) is 29.8 Å². The molecule has 0 heterocycles. The summed E-state index contributed by atoms with van der Waals surface area (Å²) in [5.74, 6) is 0. The van der Waals surface area contributed by atoms with Crippen LogP contribution in [-0.4, -0.2) is 70.8 Å². The van der Waals surface area contributed by atoms with Gasteiger partial charge in [0.1, 0.15) is 24.4 Å². The van der Waals surface area contributed by atoms with Crippen molar-refractivity contribution in [3.8, 4) is 0 Å². The van der Waals surface area contributed by atoms with E-state index in [9.17, 15) is 5.11 Å². The molecule has 0 amide bonds. The molecule has 1 rings (SSSR count). The van der Waals surface area contributed by atoms with E-state index in [4.69, 9.17) is 18.9 Å². The number of aliphatic hydroxyl groups excluding tert-OH is 1. The van der Waals surface area contributed by atoms with Crippen LogP contribution in [0.1, 0.15) is 5.56 Å². The van der Waals surface area contributed by atoms with Crippen molar-refractivity contribution in [3.63, 3.8) is 0 Å². The molecular weight excluding hydrogens is 298 g/mol. The molecule has 0 aliphatic rings. The SMILES string of the molecule is COCC(O)C(OC)C(OC)C(C=Nc1ccc(C)cc1)OC. The highest BCUT2D eigenvalue weighted by Crippen LogP contribution is 2.16. The zero-order valence-electron chi connectivity index (χ0n) is 14.4. The van der Waals surface area contributed by atoms with E-state index in [1.165, 1.54) is 19.8 Å². The first kappa shape index (κ1) is 19.7. The van der Waals surface area contributed by atoms with Crippen LogP contribution in [0.4, 0.5) is 5.69 Å². The summed E-state index contributed by atoms with van der Waals surface area (Å²) in [5.41, 5.74) is 1.99. The van der Waals surface area contributed by atoms with Crippen molar-refractivity contribution in [1.82, 2.24) is 0 Å². The number of hydrogen-bond acceptors (Lipinski definition) is 6. The Morgan fingerprint density at radius 3 is 2.09 bits per heavy atom. The number of nitrogens with zero attached hydrogens (tertiary/aromatic N) is 1. The summed E-state index contributed by atoms with van der Waals surface area (Å²) < 4.78 is 21.3. The van der Waals surface area contributed by atoms with E-state index in [1.54, 1.807) is 20.4 Å². The van der Waals surface area contributed by atoms with E-state index in [2.05, 4.69) is 4.99 Å². The normalized spacial score (nSPS) is 17.1. The first-order chi connectivity index (χ1) is 11.1. The highest BCUT2D eigenvalue weighted by Gasteiger charge is 2.34. The molecule has 0 spiro atoms. The summed E-state index contributed by atoms with van der Waals surface area (Å²) in [6.07, 6.45) is -0.776. The van der Waals surface area contributed by atoms with Crippen LogP contribution in [0, 0.1) is 6.92 Å². The average Bonchev–Trinajstić information content (AvgIpc) is 2.56. The van der Waals surface area contributed by atoms with Crippen LogP contribution in [0.5, 0.6) is 0 Å². The van der Waals surface area contributed by atoms with Crippen molar-refractivity contribution >= 4 is 11.9 Å². The third-order valence-corrected chi connectivity index (χ3v) is 3.59. The lowest BCUT2D eigenvalue weighted by Crippen LogP contribution is -2.49. The molecule has 0 aromatic heterocycles. The molecule has 0 saturated carbocycles. The zero-order chi connectivity index (χ0) is 17.2. The molecule has 0 radical (unpaired) electrons. The summed E-state index contributed by atoms with van der Waals surface area (Å²) in [7, 11) is 6.14. The van der Waals surface area contributed by atoms with Gasteiger partial charge >= 0.3 is 0 Å². The molecule has 1 aromatic carbocycles. The van der Waals surface area contributed by atoms with E-state index in [0.29, 0.717) is 0 Å². The molecule has 0 fully saturated rings. The van der Waals surface area contributed by atoms with E-state index in [1.807, 2.05) is 31.2 Å². The lowest BCUT2D eigenvalue weighted by atomic mass is 10.0. The summed E-state index contributed by atoms with van der Waals surface area (Å²) in [4.78, 5) is 4.41. The van der Waals surface area contributed by atoms with Gasteiger partial charge in [-0.05, 0) is 19.1 Å². The quantitative estimate of drug-likeness (QED) is 0.664. The number of aliphatic hydroxyl groups is 1. The molecule has 4 unspecified atom stereocenters. The Labute approximate surface area is 138 Å². The fraction of sp³-hybridized carbons (Fsp3) is 0.588. The van der Waals surface area contributed by atoms with Crippen LogP contribution < -0.4 is 0 Å². The second kappa shape index (κ2) is 10.5. The average molecular weight is 325 g/mol. The molecule has 4 atom stereocenters. The van der Waals surface area contributed by atoms with Gasteiger partial charge in [0.2, 0.25) is 0 Å². The maximum absolute atomic E-state index is 10.1. The maximum Gasteiger partial charge on any atom is 0.121 e. The van der Waals surface area contributed by atoms with Gasteiger partial charge in [0.15, 0.2) is 0 Å². The molecule has 6 heteroatoms. The van der Waals surface area contributed by atoms with Crippen LogP contribution in [0.2, 0.25) is 0 Å². The third-order valence-electron chi connectivity index (χ3n) is 3.59. The number of aliphatic imine (C=N–C) groups is 1. The van der Waals surface area contributed by atoms with E-state index in [0.717, 1.165) is 5.69 Å². The van der Waals surface area contributed by atoms with Crippen LogP contribution in [0.25, 0.3) is 0 Å². The highest BCUT2D eigenvalue weighted by molar-refractivity contribution is 5.68. The second-order valence-corrected chi connectivity index (χ2v) is 5.24. The Morgan fingerprint density at radius 2 is 1.61 bits per heavy atom. The molecule has 130 valence electrons. The predicted molar refractivity (Wildman–Crippen MR) is 89.6 cm³/mol. The topological polar surface area (TPSA) is 69.5 Å². The fourth-order valence-corrected chi connectivity index (χ4v) is 2.30. The van der Waals surface area contributed by atoms with Crippen LogP contribution in [-0.2, 0) is 18.9 Å². The van der Waals surface area contributed by atoms with Gasteiger partial charge in [-0.2, -0.15) is 0 Å². The van der Waals surface area contributed by atoms with Crippen molar-refractivity contribution in [2.45, 2.75) is 31.3 Å². The molecule has 0 bridgehead atoms. The second-order valence-electron chi connectivity index (χ2n) is 5.24.